The molecule has 1 fully saturated rings. The molecule has 0 unspecified atom stereocenters. The van der Waals surface area contributed by atoms with Gasteiger partial charge in [0.25, 0.3) is 0 Å². The van der Waals surface area contributed by atoms with E-state index in [0.29, 0.717) is 6.42 Å². The van der Waals surface area contributed by atoms with Gasteiger partial charge < -0.3 is 9.84 Å². The number of aliphatic hydroxyl groups excluding tert-OH is 1. The summed E-state index contributed by atoms with van der Waals surface area (Å²) in [5.41, 5.74) is -0.537. The van der Waals surface area contributed by atoms with Gasteiger partial charge in [-0.1, -0.05) is 12.0 Å². The third-order valence-electron chi connectivity index (χ3n) is 2.36. The summed E-state index contributed by atoms with van der Waals surface area (Å²) in [6.07, 6.45) is 7.97. The van der Waals surface area contributed by atoms with Crippen LogP contribution in [0.1, 0.15) is 27.2 Å². The lowest BCUT2D eigenvalue weighted by molar-refractivity contribution is 0.0235. The molecule has 1 rings (SSSR count). The van der Waals surface area contributed by atoms with Gasteiger partial charge in [0.1, 0.15) is 5.60 Å². The van der Waals surface area contributed by atoms with E-state index in [1.165, 1.54) is 4.90 Å². The number of ether oxygens (including phenoxy) is 1. The van der Waals surface area contributed by atoms with Gasteiger partial charge in [-0.05, 0) is 33.3 Å². The SMILES string of the molecule is C#C/C=C\[C@@H]1C[C@@H](O)CN1C(=O)OC(C)(C)C. The number of β-amino-alcohol motifs (C(OH)–C–C–N with tert-alkyl or cyclic N) is 1. The van der Waals surface area contributed by atoms with E-state index in [1.807, 2.05) is 20.8 Å². The van der Waals surface area contributed by atoms with Crippen molar-refractivity contribution in [3.05, 3.63) is 12.2 Å². The molecule has 1 heterocycles. The number of carbonyl (C=O) groups excluding carboxylic acids is 1. The number of amides is 1. The summed E-state index contributed by atoms with van der Waals surface area (Å²) in [5, 5.41) is 9.58. The highest BCUT2D eigenvalue weighted by Gasteiger charge is 2.35. The fourth-order valence-electron chi connectivity index (χ4n) is 1.72. The second kappa shape index (κ2) is 5.24. The minimum atomic E-state index is -0.537. The number of nitrogens with zero attached hydrogens (tertiary/aromatic N) is 1. The summed E-state index contributed by atoms with van der Waals surface area (Å²) in [4.78, 5) is 13.4. The van der Waals surface area contributed by atoms with Crippen LogP contribution in [0.3, 0.4) is 0 Å². The van der Waals surface area contributed by atoms with E-state index >= 15 is 0 Å². The molecule has 0 spiro atoms. The first-order valence-electron chi connectivity index (χ1n) is 5.64. The number of allylic oxidation sites excluding steroid dienone is 1. The molecule has 2 atom stereocenters. The van der Waals surface area contributed by atoms with Crippen molar-refractivity contribution in [2.24, 2.45) is 0 Å². The maximum atomic E-state index is 11.9. The third kappa shape index (κ3) is 4.12. The van der Waals surface area contributed by atoms with Gasteiger partial charge in [0, 0.05) is 0 Å². The quantitative estimate of drug-likeness (QED) is 0.704. The summed E-state index contributed by atoms with van der Waals surface area (Å²) in [6, 6.07) is -0.184. The zero-order valence-electron chi connectivity index (χ0n) is 10.5. The molecule has 4 heteroatoms. The molecule has 1 aliphatic heterocycles. The lowest BCUT2D eigenvalue weighted by atomic mass is 10.2. The second-order valence-electron chi connectivity index (χ2n) is 5.12. The van der Waals surface area contributed by atoms with E-state index < -0.39 is 17.8 Å². The van der Waals surface area contributed by atoms with Gasteiger partial charge >= 0.3 is 6.09 Å². The Morgan fingerprint density at radius 3 is 2.76 bits per heavy atom. The van der Waals surface area contributed by atoms with Crippen LogP contribution in [0.4, 0.5) is 4.79 Å². The average Bonchev–Trinajstić information content (AvgIpc) is 2.54. The predicted octanol–water partition coefficient (Wildman–Crippen LogP) is 1.55. The Kier molecular flexibility index (Phi) is 4.19. The molecular weight excluding hydrogens is 218 g/mol. The van der Waals surface area contributed by atoms with Crippen LogP contribution in [0.2, 0.25) is 0 Å². The lowest BCUT2D eigenvalue weighted by Crippen LogP contribution is -2.39. The molecule has 0 aromatic rings. The van der Waals surface area contributed by atoms with Crippen LogP contribution in [0, 0.1) is 12.3 Å². The van der Waals surface area contributed by atoms with E-state index in [1.54, 1.807) is 12.2 Å². The van der Waals surface area contributed by atoms with Crippen molar-refractivity contribution < 1.29 is 14.6 Å². The summed E-state index contributed by atoms with van der Waals surface area (Å²) >= 11 is 0. The van der Waals surface area contributed by atoms with Gasteiger partial charge in [-0.3, -0.25) is 4.90 Å². The molecule has 1 aliphatic rings. The van der Waals surface area contributed by atoms with Gasteiger partial charge in [-0.25, -0.2) is 4.79 Å². The third-order valence-corrected chi connectivity index (χ3v) is 2.36. The van der Waals surface area contributed by atoms with Crippen LogP contribution < -0.4 is 0 Å². The Morgan fingerprint density at radius 1 is 1.59 bits per heavy atom. The summed E-state index contributed by atoms with van der Waals surface area (Å²) in [6.45, 7) is 5.71. The second-order valence-corrected chi connectivity index (χ2v) is 5.12. The van der Waals surface area contributed by atoms with Crippen LogP contribution in [0.15, 0.2) is 12.2 Å². The molecule has 1 saturated heterocycles. The van der Waals surface area contributed by atoms with Crippen molar-refractivity contribution >= 4 is 6.09 Å². The zero-order valence-corrected chi connectivity index (χ0v) is 10.5. The van der Waals surface area contributed by atoms with Crippen LogP contribution in [-0.4, -0.2) is 40.4 Å². The van der Waals surface area contributed by atoms with Crippen molar-refractivity contribution in [2.45, 2.75) is 44.9 Å². The standard InChI is InChI=1S/C13H19NO3/c1-5-6-7-10-8-11(15)9-14(10)12(16)17-13(2,3)4/h1,6-7,10-11,15H,8-9H2,2-4H3/b7-6-/t10-,11-/m1/s1. The zero-order chi connectivity index (χ0) is 13.1. The number of aliphatic hydroxyl groups is 1. The average molecular weight is 237 g/mol. The molecule has 0 aromatic carbocycles. The molecule has 1 N–H and O–H groups in total. The molecule has 0 aromatic heterocycles. The molecule has 0 bridgehead atoms. The van der Waals surface area contributed by atoms with Crippen molar-refractivity contribution in [1.29, 1.82) is 0 Å². The largest absolute Gasteiger partial charge is 0.444 e. The van der Waals surface area contributed by atoms with Crippen LogP contribution in [0.5, 0.6) is 0 Å². The van der Waals surface area contributed by atoms with Crippen LogP contribution in [0.25, 0.3) is 0 Å². The van der Waals surface area contributed by atoms with Gasteiger partial charge in [0.15, 0.2) is 0 Å². The predicted molar refractivity (Wildman–Crippen MR) is 65.3 cm³/mol. The van der Waals surface area contributed by atoms with E-state index in [0.717, 1.165) is 0 Å². The molecule has 0 radical (unpaired) electrons. The van der Waals surface area contributed by atoms with E-state index in [-0.39, 0.29) is 12.6 Å². The molecule has 0 aliphatic carbocycles. The monoisotopic (exact) mass is 237 g/mol. The first kappa shape index (κ1) is 13.6. The Labute approximate surface area is 102 Å². The van der Waals surface area contributed by atoms with Gasteiger partial charge in [-0.2, -0.15) is 0 Å². The molecule has 0 saturated carbocycles. The van der Waals surface area contributed by atoms with Crippen LogP contribution in [-0.2, 0) is 4.74 Å². The number of terminal acetylenes is 1. The van der Waals surface area contributed by atoms with E-state index in [2.05, 4.69) is 5.92 Å². The first-order chi connectivity index (χ1) is 7.83. The highest BCUT2D eigenvalue weighted by Crippen LogP contribution is 2.22. The Bertz CT molecular complexity index is 349. The smallest absolute Gasteiger partial charge is 0.410 e. The number of hydrogen-bond donors (Lipinski definition) is 1. The minimum absolute atomic E-state index is 0.184. The Hall–Kier alpha value is -1.47. The Balaban J connectivity index is 2.71. The topological polar surface area (TPSA) is 49.8 Å². The van der Waals surface area contributed by atoms with Gasteiger partial charge in [-0.15, -0.1) is 6.42 Å². The lowest BCUT2D eigenvalue weighted by Gasteiger charge is -2.27. The summed E-state index contributed by atoms with van der Waals surface area (Å²) < 4.78 is 5.27. The maximum absolute atomic E-state index is 11.9. The first-order valence-corrected chi connectivity index (χ1v) is 5.64. The number of likely N-dealkylation sites (tertiary alicyclic amines) is 1. The van der Waals surface area contributed by atoms with Crippen molar-refractivity contribution in [1.82, 2.24) is 4.90 Å². The fraction of sp³-hybridized carbons (Fsp3) is 0.615. The maximum Gasteiger partial charge on any atom is 0.410 e. The minimum Gasteiger partial charge on any atom is -0.444 e. The normalized spacial score (nSPS) is 25.0. The number of carbonyl (C=O) groups is 1. The fourth-order valence-corrected chi connectivity index (χ4v) is 1.72. The van der Waals surface area contributed by atoms with E-state index in [4.69, 9.17) is 11.2 Å². The van der Waals surface area contributed by atoms with Gasteiger partial charge in [0.05, 0.1) is 18.7 Å². The van der Waals surface area contributed by atoms with Crippen molar-refractivity contribution in [3.63, 3.8) is 0 Å². The van der Waals surface area contributed by atoms with Gasteiger partial charge in [0.2, 0.25) is 0 Å². The summed E-state index contributed by atoms with van der Waals surface area (Å²) in [7, 11) is 0. The number of hydrogen-bond acceptors (Lipinski definition) is 3. The summed E-state index contributed by atoms with van der Waals surface area (Å²) in [5.74, 6) is 2.38. The number of rotatable bonds is 1. The molecule has 94 valence electrons. The van der Waals surface area contributed by atoms with Crippen molar-refractivity contribution in [3.8, 4) is 12.3 Å². The highest BCUT2D eigenvalue weighted by atomic mass is 16.6. The van der Waals surface area contributed by atoms with E-state index in [9.17, 15) is 9.90 Å². The van der Waals surface area contributed by atoms with Crippen molar-refractivity contribution in [2.75, 3.05) is 6.54 Å². The highest BCUT2D eigenvalue weighted by molar-refractivity contribution is 5.69. The molecular formula is C13H19NO3. The van der Waals surface area contributed by atoms with Crippen LogP contribution >= 0.6 is 0 Å². The molecule has 17 heavy (non-hydrogen) atoms. The molecule has 4 nitrogen and oxygen atoms in total. The Morgan fingerprint density at radius 2 is 2.24 bits per heavy atom. The molecule has 1 amide bonds.